The van der Waals surface area contributed by atoms with Crippen LogP contribution in [-0.2, 0) is 10.0 Å². The molecule has 1 N–H and O–H groups in total. The van der Waals surface area contributed by atoms with Crippen LogP contribution in [0.25, 0.3) is 0 Å². The fourth-order valence-electron chi connectivity index (χ4n) is 1.31. The van der Waals surface area contributed by atoms with Crippen molar-refractivity contribution in [1.82, 2.24) is 4.72 Å². The van der Waals surface area contributed by atoms with Gasteiger partial charge in [0.15, 0.2) is 0 Å². The second kappa shape index (κ2) is 4.94. The molecule has 96 valence electrons. The number of alkyl halides is 1. The van der Waals surface area contributed by atoms with Crippen LogP contribution in [0.2, 0.25) is 0 Å². The van der Waals surface area contributed by atoms with Crippen molar-refractivity contribution in [1.29, 1.82) is 0 Å². The Morgan fingerprint density at radius 2 is 1.88 bits per heavy atom. The van der Waals surface area contributed by atoms with Crippen molar-refractivity contribution in [2.75, 3.05) is 17.6 Å². The minimum Gasteiger partial charge on any atom is -0.215 e. The first-order chi connectivity index (χ1) is 7.18. The fraction of sp³-hybridized carbons (Fsp3) is 1.00. The summed E-state index contributed by atoms with van der Waals surface area (Å²) in [7, 11) is -3.09. The molecule has 0 spiro atoms. The van der Waals surface area contributed by atoms with Crippen LogP contribution < -0.4 is 4.72 Å². The smallest absolute Gasteiger partial charge is 0.211 e. The van der Waals surface area contributed by atoms with E-state index in [4.69, 9.17) is 0 Å². The fourth-order valence-corrected chi connectivity index (χ4v) is 3.62. The van der Waals surface area contributed by atoms with Crippen molar-refractivity contribution >= 4 is 26.0 Å². The van der Waals surface area contributed by atoms with Crippen LogP contribution in [0.15, 0.2) is 0 Å². The topological polar surface area (TPSA) is 46.2 Å². The van der Waals surface area contributed by atoms with E-state index in [1.54, 1.807) is 0 Å². The van der Waals surface area contributed by atoms with E-state index in [-0.39, 0.29) is 16.6 Å². The van der Waals surface area contributed by atoms with E-state index in [0.717, 1.165) is 18.2 Å². The Labute approximate surface area is 108 Å². The molecule has 0 aromatic rings. The van der Waals surface area contributed by atoms with E-state index in [0.29, 0.717) is 13.0 Å². The summed E-state index contributed by atoms with van der Waals surface area (Å²) in [6, 6.07) is 0. The lowest BCUT2D eigenvalue weighted by atomic mass is 9.94. The third-order valence-electron chi connectivity index (χ3n) is 3.03. The van der Waals surface area contributed by atoms with Crippen LogP contribution in [0.4, 0.5) is 0 Å². The molecular weight excluding hydrogens is 290 g/mol. The van der Waals surface area contributed by atoms with Crippen LogP contribution in [-0.4, -0.2) is 26.0 Å². The Kier molecular flexibility index (Phi) is 4.46. The summed E-state index contributed by atoms with van der Waals surface area (Å²) in [5.74, 6) is 0.231. The molecule has 1 saturated carbocycles. The van der Waals surface area contributed by atoms with Gasteiger partial charge in [0.05, 0.1) is 5.75 Å². The summed E-state index contributed by atoms with van der Waals surface area (Å²) in [5.41, 5.74) is 0.274. The quantitative estimate of drug-likeness (QED) is 0.766. The van der Waals surface area contributed by atoms with Gasteiger partial charge in [0.1, 0.15) is 0 Å². The monoisotopic (exact) mass is 311 g/mol. The molecule has 0 aliphatic heterocycles. The first-order valence-electron chi connectivity index (χ1n) is 5.71. The zero-order valence-electron chi connectivity index (χ0n) is 10.3. The van der Waals surface area contributed by atoms with Gasteiger partial charge in [-0.15, -0.1) is 0 Å². The summed E-state index contributed by atoms with van der Waals surface area (Å²) in [4.78, 5) is 0. The Bertz CT molecular complexity index is 328. The number of sulfonamides is 1. The highest BCUT2D eigenvalue weighted by Crippen LogP contribution is 2.46. The number of hydrogen-bond donors (Lipinski definition) is 1. The van der Waals surface area contributed by atoms with Gasteiger partial charge in [0, 0.05) is 11.9 Å². The number of nitrogens with one attached hydrogen (secondary N) is 1. The van der Waals surface area contributed by atoms with Gasteiger partial charge in [-0.1, -0.05) is 36.7 Å². The van der Waals surface area contributed by atoms with Crippen LogP contribution in [0.1, 0.15) is 40.0 Å². The van der Waals surface area contributed by atoms with Crippen molar-refractivity contribution < 1.29 is 8.42 Å². The van der Waals surface area contributed by atoms with Gasteiger partial charge >= 0.3 is 0 Å². The van der Waals surface area contributed by atoms with Crippen LogP contribution in [0.5, 0.6) is 0 Å². The van der Waals surface area contributed by atoms with Crippen molar-refractivity contribution in [3.8, 4) is 0 Å². The van der Waals surface area contributed by atoms with Crippen molar-refractivity contribution in [2.45, 2.75) is 40.0 Å². The van der Waals surface area contributed by atoms with Gasteiger partial charge < -0.3 is 0 Å². The summed E-state index contributed by atoms with van der Waals surface area (Å²) < 4.78 is 26.2. The molecule has 16 heavy (non-hydrogen) atoms. The normalized spacial score (nSPS) is 19.8. The lowest BCUT2D eigenvalue weighted by Gasteiger charge is -2.19. The van der Waals surface area contributed by atoms with E-state index < -0.39 is 10.0 Å². The molecule has 3 nitrogen and oxygen atoms in total. The molecule has 0 heterocycles. The zero-order chi connectivity index (χ0) is 12.4. The molecule has 0 radical (unpaired) electrons. The maximum absolute atomic E-state index is 11.7. The number of rotatable bonds is 6. The molecule has 0 atom stereocenters. The molecule has 1 rings (SSSR count). The van der Waals surface area contributed by atoms with E-state index >= 15 is 0 Å². The predicted molar refractivity (Wildman–Crippen MR) is 71.3 cm³/mol. The van der Waals surface area contributed by atoms with Gasteiger partial charge in [-0.25, -0.2) is 13.1 Å². The van der Waals surface area contributed by atoms with E-state index in [1.165, 1.54) is 0 Å². The van der Waals surface area contributed by atoms with Gasteiger partial charge in [-0.3, -0.25) is 0 Å². The second-order valence-corrected chi connectivity index (χ2v) is 8.57. The first-order valence-corrected chi connectivity index (χ1v) is 8.49. The Morgan fingerprint density at radius 1 is 1.31 bits per heavy atom. The molecule has 5 heteroatoms. The largest absolute Gasteiger partial charge is 0.215 e. The average molecular weight is 312 g/mol. The summed E-state index contributed by atoms with van der Waals surface area (Å²) in [5, 5.41) is 0.891. The zero-order valence-corrected chi connectivity index (χ0v) is 12.7. The highest BCUT2D eigenvalue weighted by Gasteiger charge is 2.41. The minimum atomic E-state index is -3.09. The lowest BCUT2D eigenvalue weighted by Crippen LogP contribution is -2.33. The number of halogens is 1. The molecule has 0 unspecified atom stereocenters. The minimum absolute atomic E-state index is 0.0709. The van der Waals surface area contributed by atoms with Gasteiger partial charge in [-0.05, 0) is 30.1 Å². The molecule has 1 fully saturated rings. The van der Waals surface area contributed by atoms with Gasteiger partial charge in [0.25, 0.3) is 0 Å². The van der Waals surface area contributed by atoms with Crippen molar-refractivity contribution in [3.63, 3.8) is 0 Å². The molecular formula is C11H22BrNO2S. The van der Waals surface area contributed by atoms with Crippen LogP contribution >= 0.6 is 15.9 Å². The second-order valence-electron chi connectivity index (χ2n) is 6.08. The van der Waals surface area contributed by atoms with E-state index in [9.17, 15) is 8.42 Å². The molecule has 0 bridgehead atoms. The van der Waals surface area contributed by atoms with Crippen LogP contribution in [0.3, 0.4) is 0 Å². The first kappa shape index (κ1) is 14.5. The van der Waals surface area contributed by atoms with E-state index in [1.807, 2.05) is 0 Å². The molecule has 1 aliphatic rings. The van der Waals surface area contributed by atoms with E-state index in [2.05, 4.69) is 41.4 Å². The Hall–Kier alpha value is 0.390. The van der Waals surface area contributed by atoms with Gasteiger partial charge in [0.2, 0.25) is 10.0 Å². The van der Waals surface area contributed by atoms with Crippen LogP contribution in [0, 0.1) is 10.8 Å². The molecule has 1 aliphatic carbocycles. The molecule has 0 aromatic heterocycles. The van der Waals surface area contributed by atoms with Crippen molar-refractivity contribution in [2.24, 2.45) is 10.8 Å². The highest BCUT2D eigenvalue weighted by atomic mass is 79.9. The average Bonchev–Trinajstić information content (AvgIpc) is 2.92. The third kappa shape index (κ3) is 5.15. The SMILES string of the molecule is CC(C)(C)CCS(=O)(=O)NCC1(CBr)CC1. The number of hydrogen-bond acceptors (Lipinski definition) is 2. The van der Waals surface area contributed by atoms with Gasteiger partial charge in [-0.2, -0.15) is 0 Å². The Morgan fingerprint density at radius 3 is 2.25 bits per heavy atom. The Balaban J connectivity index is 2.35. The molecule has 0 amide bonds. The summed E-state index contributed by atoms with van der Waals surface area (Å²) in [6.07, 6.45) is 2.95. The standard InChI is InChI=1S/C11H22BrNO2S/c1-10(2,3)6-7-16(14,15)13-9-11(8-12)4-5-11/h13H,4-9H2,1-3H3. The lowest BCUT2D eigenvalue weighted by molar-refractivity contribution is 0.396. The maximum Gasteiger partial charge on any atom is 0.211 e. The third-order valence-corrected chi connectivity index (χ3v) is 5.54. The summed E-state index contributed by atoms with van der Waals surface area (Å²) in [6.45, 7) is 6.76. The van der Waals surface area contributed by atoms with Crippen molar-refractivity contribution in [3.05, 3.63) is 0 Å². The predicted octanol–water partition coefficient (Wildman–Crippen LogP) is 2.52. The maximum atomic E-state index is 11.7. The molecule has 0 aromatic carbocycles. The highest BCUT2D eigenvalue weighted by molar-refractivity contribution is 9.09. The molecule has 0 saturated heterocycles. The summed E-state index contributed by atoms with van der Waals surface area (Å²) >= 11 is 3.44.